The van der Waals surface area contributed by atoms with E-state index in [1.165, 1.54) is 11.6 Å². The van der Waals surface area contributed by atoms with Crippen molar-refractivity contribution in [3.8, 4) is 11.4 Å². The van der Waals surface area contributed by atoms with Crippen LogP contribution in [0.5, 0.6) is 0 Å². The molecular formula is C24H22BrFN2. The first kappa shape index (κ1) is 18.9. The van der Waals surface area contributed by atoms with Crippen molar-refractivity contribution in [1.82, 2.24) is 9.55 Å². The Labute approximate surface area is 173 Å². The summed E-state index contributed by atoms with van der Waals surface area (Å²) in [6.07, 6.45) is 0. The van der Waals surface area contributed by atoms with E-state index >= 15 is 0 Å². The third-order valence-electron chi connectivity index (χ3n) is 5.01. The predicted molar refractivity (Wildman–Crippen MR) is 117 cm³/mol. The van der Waals surface area contributed by atoms with E-state index in [0.29, 0.717) is 12.1 Å². The van der Waals surface area contributed by atoms with E-state index in [-0.39, 0.29) is 11.2 Å². The van der Waals surface area contributed by atoms with E-state index in [4.69, 9.17) is 4.98 Å². The van der Waals surface area contributed by atoms with Crippen LogP contribution in [-0.2, 0) is 12.0 Å². The predicted octanol–water partition coefficient (Wildman–Crippen LogP) is 6.95. The second-order valence-electron chi connectivity index (χ2n) is 8.07. The zero-order chi connectivity index (χ0) is 19.9. The number of hydrogen-bond acceptors (Lipinski definition) is 1. The van der Waals surface area contributed by atoms with Crippen molar-refractivity contribution >= 4 is 27.0 Å². The minimum absolute atomic E-state index is 0.0964. The summed E-state index contributed by atoms with van der Waals surface area (Å²) in [7, 11) is 0. The van der Waals surface area contributed by atoms with Crippen molar-refractivity contribution in [2.75, 3.05) is 0 Å². The summed E-state index contributed by atoms with van der Waals surface area (Å²) in [6.45, 7) is 7.03. The Morgan fingerprint density at radius 3 is 2.36 bits per heavy atom. The standard InChI is InChI=1S/C24H22BrFN2/c1-24(2,3)18-11-8-16(9-12-18)23-27-21-6-4-5-7-22(21)28(23)15-17-10-13-19(25)14-20(17)26/h4-14H,15H2,1-3H3. The Kier molecular flexibility index (Phi) is 4.84. The molecular weight excluding hydrogens is 415 g/mol. The van der Waals surface area contributed by atoms with Crippen LogP contribution in [0, 0.1) is 5.82 Å². The monoisotopic (exact) mass is 436 g/mol. The summed E-state index contributed by atoms with van der Waals surface area (Å²) in [5.74, 6) is 0.630. The number of hydrogen-bond donors (Lipinski definition) is 0. The lowest BCUT2D eigenvalue weighted by molar-refractivity contribution is 0.590. The normalized spacial score (nSPS) is 11.9. The maximum absolute atomic E-state index is 14.5. The summed E-state index contributed by atoms with van der Waals surface area (Å²) in [5, 5.41) is 0. The van der Waals surface area contributed by atoms with Crippen molar-refractivity contribution < 1.29 is 4.39 Å². The van der Waals surface area contributed by atoms with Crippen LogP contribution in [0.1, 0.15) is 31.9 Å². The molecule has 4 aromatic rings. The van der Waals surface area contributed by atoms with Crippen LogP contribution in [0.2, 0.25) is 0 Å². The van der Waals surface area contributed by atoms with Gasteiger partial charge in [-0.15, -0.1) is 0 Å². The zero-order valence-electron chi connectivity index (χ0n) is 16.2. The lowest BCUT2D eigenvalue weighted by atomic mass is 9.87. The highest BCUT2D eigenvalue weighted by Crippen LogP contribution is 2.29. The van der Waals surface area contributed by atoms with E-state index in [1.807, 2.05) is 36.4 Å². The maximum atomic E-state index is 14.5. The molecule has 0 atom stereocenters. The van der Waals surface area contributed by atoms with Crippen LogP contribution < -0.4 is 0 Å². The highest BCUT2D eigenvalue weighted by molar-refractivity contribution is 9.10. The van der Waals surface area contributed by atoms with Gasteiger partial charge in [0.05, 0.1) is 17.6 Å². The topological polar surface area (TPSA) is 17.8 Å². The van der Waals surface area contributed by atoms with Crippen molar-refractivity contribution in [1.29, 1.82) is 0 Å². The molecule has 28 heavy (non-hydrogen) atoms. The lowest BCUT2D eigenvalue weighted by Crippen LogP contribution is -2.10. The first-order chi connectivity index (χ1) is 13.3. The van der Waals surface area contributed by atoms with E-state index in [1.54, 1.807) is 0 Å². The molecule has 4 rings (SSSR count). The number of fused-ring (bicyclic) bond motifs is 1. The summed E-state index contributed by atoms with van der Waals surface area (Å²) in [4.78, 5) is 4.85. The van der Waals surface area contributed by atoms with Gasteiger partial charge in [0.25, 0.3) is 0 Å². The van der Waals surface area contributed by atoms with Gasteiger partial charge in [-0.3, -0.25) is 0 Å². The second-order valence-corrected chi connectivity index (χ2v) is 8.99. The molecule has 0 fully saturated rings. The van der Waals surface area contributed by atoms with Crippen LogP contribution in [-0.4, -0.2) is 9.55 Å². The minimum Gasteiger partial charge on any atom is -0.319 e. The molecule has 0 aliphatic heterocycles. The molecule has 142 valence electrons. The number of para-hydroxylation sites is 2. The third kappa shape index (κ3) is 3.61. The number of benzene rings is 3. The highest BCUT2D eigenvalue weighted by Gasteiger charge is 2.17. The number of rotatable bonds is 3. The molecule has 4 heteroatoms. The molecule has 0 radical (unpaired) electrons. The Hall–Kier alpha value is -2.46. The lowest BCUT2D eigenvalue weighted by Gasteiger charge is -2.19. The van der Waals surface area contributed by atoms with Gasteiger partial charge in [-0.25, -0.2) is 9.37 Å². The van der Waals surface area contributed by atoms with Crippen LogP contribution >= 0.6 is 15.9 Å². The number of halogens is 2. The van der Waals surface area contributed by atoms with Gasteiger partial charge >= 0.3 is 0 Å². The first-order valence-corrected chi connectivity index (χ1v) is 10.1. The fourth-order valence-electron chi connectivity index (χ4n) is 3.40. The van der Waals surface area contributed by atoms with E-state index in [2.05, 4.69) is 65.5 Å². The Morgan fingerprint density at radius 1 is 0.964 bits per heavy atom. The van der Waals surface area contributed by atoms with Gasteiger partial charge in [0.1, 0.15) is 11.6 Å². The first-order valence-electron chi connectivity index (χ1n) is 9.33. The summed E-state index contributed by atoms with van der Waals surface area (Å²) in [5.41, 5.74) is 4.95. The van der Waals surface area contributed by atoms with Crippen LogP contribution in [0.25, 0.3) is 22.4 Å². The van der Waals surface area contributed by atoms with Crippen LogP contribution in [0.4, 0.5) is 4.39 Å². The molecule has 2 nitrogen and oxygen atoms in total. The zero-order valence-corrected chi connectivity index (χ0v) is 17.8. The number of nitrogens with zero attached hydrogens (tertiary/aromatic N) is 2. The molecule has 0 N–H and O–H groups in total. The Bertz CT molecular complexity index is 1140. The molecule has 0 bridgehead atoms. The van der Waals surface area contributed by atoms with Crippen LogP contribution in [0.3, 0.4) is 0 Å². The molecule has 1 heterocycles. The third-order valence-corrected chi connectivity index (χ3v) is 5.50. The maximum Gasteiger partial charge on any atom is 0.141 e. The fraction of sp³-hybridized carbons (Fsp3) is 0.208. The van der Waals surface area contributed by atoms with Crippen molar-refractivity contribution in [3.05, 3.63) is 88.1 Å². The average Bonchev–Trinajstić information content (AvgIpc) is 3.02. The van der Waals surface area contributed by atoms with Gasteiger partial charge < -0.3 is 4.57 Å². The summed E-state index contributed by atoms with van der Waals surface area (Å²) in [6, 6.07) is 21.7. The largest absolute Gasteiger partial charge is 0.319 e. The van der Waals surface area contributed by atoms with E-state index in [0.717, 1.165) is 26.9 Å². The molecule has 0 amide bonds. The van der Waals surface area contributed by atoms with Gasteiger partial charge in [0.2, 0.25) is 0 Å². The molecule has 0 saturated carbocycles. The highest BCUT2D eigenvalue weighted by atomic mass is 79.9. The minimum atomic E-state index is -0.221. The summed E-state index contributed by atoms with van der Waals surface area (Å²) >= 11 is 3.33. The molecule has 0 aliphatic carbocycles. The number of imidazole rings is 1. The van der Waals surface area contributed by atoms with E-state index < -0.39 is 0 Å². The smallest absolute Gasteiger partial charge is 0.141 e. The van der Waals surface area contributed by atoms with Gasteiger partial charge in [0.15, 0.2) is 0 Å². The van der Waals surface area contributed by atoms with Crippen LogP contribution in [0.15, 0.2) is 71.2 Å². The van der Waals surface area contributed by atoms with E-state index in [9.17, 15) is 4.39 Å². The van der Waals surface area contributed by atoms with Gasteiger partial charge in [0, 0.05) is 15.6 Å². The average molecular weight is 437 g/mol. The number of aromatic nitrogens is 2. The quantitative estimate of drug-likeness (QED) is 0.339. The molecule has 0 spiro atoms. The van der Waals surface area contributed by atoms with Gasteiger partial charge in [-0.2, -0.15) is 0 Å². The van der Waals surface area contributed by atoms with Crippen molar-refractivity contribution in [3.63, 3.8) is 0 Å². The molecule has 1 aromatic heterocycles. The van der Waals surface area contributed by atoms with Gasteiger partial charge in [-0.05, 0) is 35.2 Å². The Morgan fingerprint density at radius 2 is 1.68 bits per heavy atom. The molecule has 0 unspecified atom stereocenters. The SMILES string of the molecule is CC(C)(C)c1ccc(-c2nc3ccccc3n2Cc2ccc(Br)cc2F)cc1. The van der Waals surface area contributed by atoms with Gasteiger partial charge in [-0.1, -0.05) is 79.2 Å². The molecule has 3 aromatic carbocycles. The molecule has 0 aliphatic rings. The van der Waals surface area contributed by atoms with Crippen molar-refractivity contribution in [2.24, 2.45) is 0 Å². The molecule has 0 saturated heterocycles. The summed E-state index contributed by atoms with van der Waals surface area (Å²) < 4.78 is 17.3. The fourth-order valence-corrected chi connectivity index (χ4v) is 3.73. The Balaban J connectivity index is 1.83. The second kappa shape index (κ2) is 7.17. The van der Waals surface area contributed by atoms with Crippen molar-refractivity contribution in [2.45, 2.75) is 32.7 Å².